The Morgan fingerprint density at radius 3 is 1.75 bits per heavy atom. The van der Waals surface area contributed by atoms with Crippen LogP contribution in [0.5, 0.6) is 0 Å². The minimum Gasteiger partial charge on any atom is -0.463 e. The Hall–Kier alpha value is -3.39. The molecule has 0 aromatic heterocycles. The van der Waals surface area contributed by atoms with Gasteiger partial charge in [0.2, 0.25) is 0 Å². The lowest BCUT2D eigenvalue weighted by Crippen LogP contribution is -2.37. The molecule has 3 nitrogen and oxygen atoms in total. The Labute approximate surface area is 217 Å². The van der Waals surface area contributed by atoms with Gasteiger partial charge in [0.1, 0.15) is 13.7 Å². The average molecular weight is 497 g/mol. The largest absolute Gasteiger partial charge is 0.463 e. The van der Waals surface area contributed by atoms with Gasteiger partial charge in [0, 0.05) is 12.5 Å². The molecule has 0 fully saturated rings. The Morgan fingerprint density at radius 2 is 1.33 bits per heavy atom. The van der Waals surface area contributed by atoms with Gasteiger partial charge in [0.25, 0.3) is 0 Å². The smallest absolute Gasteiger partial charge is 0.330 e. The van der Waals surface area contributed by atoms with Gasteiger partial charge in [0.05, 0.1) is 12.7 Å². The summed E-state index contributed by atoms with van der Waals surface area (Å²) < 4.78 is 12.2. The molecule has 0 saturated carbocycles. The van der Waals surface area contributed by atoms with Crippen molar-refractivity contribution in [2.75, 3.05) is 6.61 Å². The maximum absolute atomic E-state index is 11.9. The third kappa shape index (κ3) is 7.55. The lowest BCUT2D eigenvalue weighted by Gasteiger charge is -2.38. The SMILES string of the molecule is CCOC(=O)/C=C/C[C@H](CC#C[Si](C)(C)C)OC(c1ccccc1)(c1ccccc1)c1ccccc1. The van der Waals surface area contributed by atoms with Crippen LogP contribution in [0.25, 0.3) is 0 Å². The highest BCUT2D eigenvalue weighted by Gasteiger charge is 2.39. The summed E-state index contributed by atoms with van der Waals surface area (Å²) in [5.41, 5.74) is 5.75. The second-order valence-corrected chi connectivity index (χ2v) is 14.4. The van der Waals surface area contributed by atoms with Crippen molar-refractivity contribution >= 4 is 14.0 Å². The molecule has 0 heterocycles. The molecule has 0 amide bonds. The fraction of sp³-hybridized carbons (Fsp3) is 0.281. The molecule has 3 rings (SSSR count). The standard InChI is InChI=1S/C32H36O3Si/c1-5-34-31(33)25-15-23-30(24-16-26-36(2,3)4)35-32(27-17-9-6-10-18-27,28-19-11-7-12-20-28)29-21-13-8-14-22-29/h6-15,17-22,25,30H,5,23-24H2,1-4H3/b25-15+/t30-/m1/s1. The summed E-state index contributed by atoms with van der Waals surface area (Å²) >= 11 is 0. The highest BCUT2D eigenvalue weighted by atomic mass is 28.3. The van der Waals surface area contributed by atoms with E-state index >= 15 is 0 Å². The number of hydrogen-bond acceptors (Lipinski definition) is 3. The molecule has 0 radical (unpaired) electrons. The summed E-state index contributed by atoms with van der Waals surface area (Å²) in [7, 11) is -1.54. The van der Waals surface area contributed by atoms with E-state index in [-0.39, 0.29) is 12.1 Å². The van der Waals surface area contributed by atoms with Crippen LogP contribution in [0.1, 0.15) is 36.5 Å². The number of benzene rings is 3. The van der Waals surface area contributed by atoms with Crippen LogP contribution in [0.4, 0.5) is 0 Å². The quantitative estimate of drug-likeness (QED) is 0.0983. The number of hydrogen-bond donors (Lipinski definition) is 0. The van der Waals surface area contributed by atoms with Crippen LogP contribution >= 0.6 is 0 Å². The number of esters is 1. The summed E-state index contributed by atoms with van der Waals surface area (Å²) in [6.07, 6.45) is 4.17. The summed E-state index contributed by atoms with van der Waals surface area (Å²) in [5.74, 6) is 3.06. The molecule has 0 bridgehead atoms. The minimum absolute atomic E-state index is 0.250. The molecule has 3 aromatic rings. The third-order valence-electron chi connectivity index (χ3n) is 5.62. The molecule has 0 aliphatic rings. The molecule has 4 heteroatoms. The van der Waals surface area contributed by atoms with Crippen LogP contribution in [0.15, 0.2) is 103 Å². The van der Waals surface area contributed by atoms with Crippen molar-refractivity contribution in [3.8, 4) is 11.5 Å². The second kappa shape index (κ2) is 13.1. The average Bonchev–Trinajstić information content (AvgIpc) is 2.88. The molecule has 0 aliphatic heterocycles. The summed E-state index contributed by atoms with van der Waals surface area (Å²) in [6, 6.07) is 31.0. The number of ether oxygens (including phenoxy) is 2. The first-order valence-electron chi connectivity index (χ1n) is 12.5. The number of carbonyl (C=O) groups is 1. The predicted molar refractivity (Wildman–Crippen MR) is 150 cm³/mol. The van der Waals surface area contributed by atoms with E-state index < -0.39 is 13.7 Å². The Morgan fingerprint density at radius 1 is 0.861 bits per heavy atom. The molecule has 36 heavy (non-hydrogen) atoms. The van der Waals surface area contributed by atoms with Crippen LogP contribution in [-0.4, -0.2) is 26.8 Å². The van der Waals surface area contributed by atoms with E-state index in [9.17, 15) is 4.79 Å². The zero-order chi connectivity index (χ0) is 25.9. The molecule has 1 atom stereocenters. The van der Waals surface area contributed by atoms with Crippen molar-refractivity contribution in [1.82, 2.24) is 0 Å². The Balaban J connectivity index is 2.11. The van der Waals surface area contributed by atoms with E-state index in [1.165, 1.54) is 6.08 Å². The molecule has 0 unspecified atom stereocenters. The number of carbonyl (C=O) groups excluding carboxylic acids is 1. The van der Waals surface area contributed by atoms with Crippen molar-refractivity contribution in [3.05, 3.63) is 120 Å². The van der Waals surface area contributed by atoms with Gasteiger partial charge in [-0.2, -0.15) is 0 Å². The van der Waals surface area contributed by atoms with E-state index in [1.54, 1.807) is 6.92 Å². The fourth-order valence-corrected chi connectivity index (χ4v) is 4.71. The summed E-state index contributed by atoms with van der Waals surface area (Å²) in [6.45, 7) is 8.86. The minimum atomic E-state index is -1.54. The van der Waals surface area contributed by atoms with E-state index in [1.807, 2.05) is 60.7 Å². The van der Waals surface area contributed by atoms with Gasteiger partial charge in [0.15, 0.2) is 0 Å². The van der Waals surface area contributed by atoms with Gasteiger partial charge in [-0.1, -0.05) is 117 Å². The van der Waals surface area contributed by atoms with Crippen LogP contribution in [0, 0.1) is 11.5 Å². The summed E-state index contributed by atoms with van der Waals surface area (Å²) in [5, 5.41) is 0. The van der Waals surface area contributed by atoms with Crippen LogP contribution in [-0.2, 0) is 19.9 Å². The van der Waals surface area contributed by atoms with E-state index in [4.69, 9.17) is 9.47 Å². The highest BCUT2D eigenvalue weighted by Crippen LogP contribution is 2.42. The van der Waals surface area contributed by atoms with E-state index in [2.05, 4.69) is 67.5 Å². The van der Waals surface area contributed by atoms with Crippen molar-refractivity contribution in [3.63, 3.8) is 0 Å². The second-order valence-electron chi connectivity index (χ2n) is 9.67. The molecule has 0 saturated heterocycles. The van der Waals surface area contributed by atoms with Gasteiger partial charge in [-0.15, -0.1) is 11.5 Å². The van der Waals surface area contributed by atoms with Gasteiger partial charge < -0.3 is 9.47 Å². The predicted octanol–water partition coefficient (Wildman–Crippen LogP) is 7.14. The summed E-state index contributed by atoms with van der Waals surface area (Å²) in [4.78, 5) is 11.9. The fourth-order valence-electron chi connectivity index (χ4n) is 4.08. The molecule has 186 valence electrons. The molecule has 0 spiro atoms. The van der Waals surface area contributed by atoms with E-state index in [0.717, 1.165) is 16.7 Å². The first-order chi connectivity index (χ1) is 17.3. The van der Waals surface area contributed by atoms with Crippen LogP contribution in [0.2, 0.25) is 19.6 Å². The lowest BCUT2D eigenvalue weighted by molar-refractivity contribution is -0.137. The van der Waals surface area contributed by atoms with Gasteiger partial charge >= 0.3 is 5.97 Å². The zero-order valence-corrected chi connectivity index (χ0v) is 22.7. The number of rotatable bonds is 10. The molecule has 0 aliphatic carbocycles. The molecule has 3 aromatic carbocycles. The first kappa shape index (κ1) is 27.2. The van der Waals surface area contributed by atoms with Crippen molar-refractivity contribution in [2.24, 2.45) is 0 Å². The maximum atomic E-state index is 11.9. The monoisotopic (exact) mass is 496 g/mol. The van der Waals surface area contributed by atoms with Crippen molar-refractivity contribution < 1.29 is 14.3 Å². The lowest BCUT2D eigenvalue weighted by atomic mass is 9.79. The highest BCUT2D eigenvalue weighted by molar-refractivity contribution is 6.83. The topological polar surface area (TPSA) is 35.5 Å². The Bertz CT molecular complexity index is 1070. The van der Waals surface area contributed by atoms with Gasteiger partial charge in [-0.3, -0.25) is 0 Å². The molecular formula is C32H36O3Si. The van der Waals surface area contributed by atoms with E-state index in [0.29, 0.717) is 19.4 Å². The van der Waals surface area contributed by atoms with Gasteiger partial charge in [-0.25, -0.2) is 4.79 Å². The molecule has 0 N–H and O–H groups in total. The third-order valence-corrected chi connectivity index (χ3v) is 6.54. The zero-order valence-electron chi connectivity index (χ0n) is 21.7. The van der Waals surface area contributed by atoms with Crippen molar-refractivity contribution in [2.45, 2.75) is 51.1 Å². The Kier molecular flexibility index (Phi) is 9.87. The maximum Gasteiger partial charge on any atom is 0.330 e. The van der Waals surface area contributed by atoms with Crippen molar-refractivity contribution in [1.29, 1.82) is 0 Å². The molecular weight excluding hydrogens is 460 g/mol. The first-order valence-corrected chi connectivity index (χ1v) is 16.0. The van der Waals surface area contributed by atoms with Crippen LogP contribution < -0.4 is 0 Å². The van der Waals surface area contributed by atoms with Crippen LogP contribution in [0.3, 0.4) is 0 Å². The normalized spacial score (nSPS) is 12.6. The van der Waals surface area contributed by atoms with Gasteiger partial charge in [-0.05, 0) is 30.0 Å².